The first-order chi connectivity index (χ1) is 6.79. The molecule has 4 heteroatoms. The van der Waals surface area contributed by atoms with Crippen LogP contribution in [0.3, 0.4) is 0 Å². The highest BCUT2D eigenvalue weighted by Crippen LogP contribution is 2.15. The van der Waals surface area contributed by atoms with Crippen LogP contribution < -0.4 is 5.73 Å². The Hall–Kier alpha value is -0.380. The lowest BCUT2D eigenvalue weighted by atomic mass is 10.2. The van der Waals surface area contributed by atoms with Crippen LogP contribution >= 0.6 is 11.8 Å². The number of nitrogens with two attached hydrogens (primary N) is 1. The normalized spacial score (nSPS) is 21.4. The Labute approximate surface area is 91.1 Å². The van der Waals surface area contributed by atoms with E-state index in [1.807, 2.05) is 11.8 Å². The van der Waals surface area contributed by atoms with Gasteiger partial charge in [-0.25, -0.2) is 0 Å². The summed E-state index contributed by atoms with van der Waals surface area (Å²) < 4.78 is 0. The third kappa shape index (κ3) is 3.08. The number of guanidine groups is 1. The van der Waals surface area contributed by atoms with E-state index >= 15 is 0 Å². The molecule has 1 rings (SSSR count). The van der Waals surface area contributed by atoms with E-state index in [2.05, 4.69) is 23.7 Å². The molecule has 0 aromatic heterocycles. The molecule has 0 spiro atoms. The summed E-state index contributed by atoms with van der Waals surface area (Å²) >= 11 is 2.00. The average molecular weight is 215 g/mol. The second kappa shape index (κ2) is 6.17. The molecule has 0 aliphatic carbocycles. The lowest BCUT2D eigenvalue weighted by molar-refractivity contribution is 0.334. The fraction of sp³-hybridized carbons (Fsp3) is 0.900. The maximum Gasteiger partial charge on any atom is 0.191 e. The van der Waals surface area contributed by atoms with Gasteiger partial charge in [0.2, 0.25) is 0 Å². The molecule has 1 aliphatic rings. The van der Waals surface area contributed by atoms with E-state index in [0.29, 0.717) is 6.04 Å². The van der Waals surface area contributed by atoms with E-state index in [9.17, 15) is 0 Å². The van der Waals surface area contributed by atoms with Crippen molar-refractivity contribution in [2.75, 3.05) is 24.6 Å². The first-order valence-corrected chi connectivity index (χ1v) is 6.59. The van der Waals surface area contributed by atoms with Crippen molar-refractivity contribution < 1.29 is 0 Å². The number of nitrogens with zero attached hydrogens (tertiary/aromatic N) is 2. The van der Waals surface area contributed by atoms with Gasteiger partial charge in [-0.1, -0.05) is 13.8 Å². The molecule has 0 aromatic carbocycles. The average Bonchev–Trinajstić information content (AvgIpc) is 2.51. The van der Waals surface area contributed by atoms with Crippen LogP contribution in [0, 0.1) is 0 Å². The number of hydrogen-bond donors (Lipinski definition) is 1. The molecule has 0 aromatic rings. The molecule has 1 aliphatic heterocycles. The van der Waals surface area contributed by atoms with Crippen LogP contribution in [0.2, 0.25) is 0 Å². The molecular formula is C10H21N3S. The Balaban J connectivity index is 2.31. The molecule has 0 saturated carbocycles. The van der Waals surface area contributed by atoms with E-state index < -0.39 is 0 Å². The van der Waals surface area contributed by atoms with Crippen molar-refractivity contribution >= 4 is 17.7 Å². The van der Waals surface area contributed by atoms with Crippen LogP contribution in [0.1, 0.15) is 26.7 Å². The van der Waals surface area contributed by atoms with Crippen molar-refractivity contribution in [3.05, 3.63) is 0 Å². The molecule has 0 saturated heterocycles. The third-order valence-corrected chi connectivity index (χ3v) is 3.40. The van der Waals surface area contributed by atoms with Gasteiger partial charge >= 0.3 is 0 Å². The van der Waals surface area contributed by atoms with Crippen LogP contribution in [0.25, 0.3) is 0 Å². The van der Waals surface area contributed by atoms with Gasteiger partial charge in [-0.3, -0.25) is 4.99 Å². The van der Waals surface area contributed by atoms with Gasteiger partial charge in [0.1, 0.15) is 0 Å². The summed E-state index contributed by atoms with van der Waals surface area (Å²) in [5.41, 5.74) is 5.83. The smallest absolute Gasteiger partial charge is 0.191 e. The highest BCUT2D eigenvalue weighted by Gasteiger charge is 2.24. The molecule has 14 heavy (non-hydrogen) atoms. The molecule has 2 N–H and O–H groups in total. The minimum absolute atomic E-state index is 0.564. The van der Waals surface area contributed by atoms with Gasteiger partial charge in [-0.05, 0) is 24.3 Å². The van der Waals surface area contributed by atoms with E-state index in [1.54, 1.807) is 0 Å². The van der Waals surface area contributed by atoms with Crippen LogP contribution in [0.5, 0.6) is 0 Å². The number of hydrogen-bond acceptors (Lipinski definition) is 4. The Morgan fingerprint density at radius 2 is 2.36 bits per heavy atom. The Kier molecular flexibility index (Phi) is 5.15. The van der Waals surface area contributed by atoms with Gasteiger partial charge in [0.15, 0.2) is 5.96 Å². The fourth-order valence-electron chi connectivity index (χ4n) is 1.72. The lowest BCUT2D eigenvalue weighted by Gasteiger charge is -2.25. The summed E-state index contributed by atoms with van der Waals surface area (Å²) in [5, 5.41) is 0. The van der Waals surface area contributed by atoms with Crippen molar-refractivity contribution in [2.24, 2.45) is 10.7 Å². The van der Waals surface area contributed by atoms with Gasteiger partial charge in [0.05, 0.1) is 12.6 Å². The maximum absolute atomic E-state index is 5.83. The van der Waals surface area contributed by atoms with Gasteiger partial charge in [0, 0.05) is 6.54 Å². The van der Waals surface area contributed by atoms with E-state index in [1.165, 1.54) is 17.9 Å². The van der Waals surface area contributed by atoms with E-state index in [-0.39, 0.29) is 0 Å². The number of aliphatic imine (C=N–C) groups is 1. The monoisotopic (exact) mass is 215 g/mol. The zero-order valence-electron chi connectivity index (χ0n) is 9.20. The highest BCUT2D eigenvalue weighted by atomic mass is 32.2. The van der Waals surface area contributed by atoms with Crippen LogP contribution in [-0.4, -0.2) is 41.5 Å². The predicted octanol–water partition coefficient (Wildman–Crippen LogP) is 1.54. The zero-order valence-corrected chi connectivity index (χ0v) is 10.0. The first kappa shape index (κ1) is 11.7. The number of thioether (sulfide) groups is 1. The molecule has 0 bridgehead atoms. The molecule has 82 valence electrons. The van der Waals surface area contributed by atoms with Crippen molar-refractivity contribution in [3.63, 3.8) is 0 Å². The summed E-state index contributed by atoms with van der Waals surface area (Å²) in [5.74, 6) is 3.18. The van der Waals surface area contributed by atoms with E-state index in [0.717, 1.165) is 25.5 Å². The molecule has 0 amide bonds. The Morgan fingerprint density at radius 3 is 3.00 bits per heavy atom. The molecular weight excluding hydrogens is 194 g/mol. The molecule has 0 fully saturated rings. The molecule has 1 atom stereocenters. The summed E-state index contributed by atoms with van der Waals surface area (Å²) in [6, 6.07) is 0.564. The van der Waals surface area contributed by atoms with Crippen molar-refractivity contribution in [3.8, 4) is 0 Å². The second-order valence-electron chi connectivity index (χ2n) is 3.53. The predicted molar refractivity (Wildman–Crippen MR) is 64.9 cm³/mol. The Bertz CT molecular complexity index is 194. The SMILES string of the molecule is CCCN1C(N)=NCC1CCSCC. The number of rotatable bonds is 6. The van der Waals surface area contributed by atoms with Crippen LogP contribution in [0.15, 0.2) is 4.99 Å². The van der Waals surface area contributed by atoms with Gasteiger partial charge in [-0.2, -0.15) is 11.8 Å². The largest absolute Gasteiger partial charge is 0.370 e. The van der Waals surface area contributed by atoms with Gasteiger partial charge in [0.25, 0.3) is 0 Å². The third-order valence-electron chi connectivity index (χ3n) is 2.46. The molecule has 1 heterocycles. The Morgan fingerprint density at radius 1 is 1.57 bits per heavy atom. The van der Waals surface area contributed by atoms with Crippen LogP contribution in [0.4, 0.5) is 0 Å². The minimum atomic E-state index is 0.564. The molecule has 1 unspecified atom stereocenters. The zero-order chi connectivity index (χ0) is 10.4. The van der Waals surface area contributed by atoms with Gasteiger partial charge < -0.3 is 10.6 Å². The minimum Gasteiger partial charge on any atom is -0.370 e. The highest BCUT2D eigenvalue weighted by molar-refractivity contribution is 7.99. The fourth-order valence-corrected chi connectivity index (χ4v) is 2.45. The summed E-state index contributed by atoms with van der Waals surface area (Å²) in [6.07, 6.45) is 2.36. The van der Waals surface area contributed by atoms with Crippen molar-refractivity contribution in [2.45, 2.75) is 32.7 Å². The summed E-state index contributed by atoms with van der Waals surface area (Å²) in [4.78, 5) is 6.57. The summed E-state index contributed by atoms with van der Waals surface area (Å²) in [6.45, 7) is 6.34. The second-order valence-corrected chi connectivity index (χ2v) is 4.93. The quantitative estimate of drug-likeness (QED) is 0.683. The maximum atomic E-state index is 5.83. The van der Waals surface area contributed by atoms with Gasteiger partial charge in [-0.15, -0.1) is 0 Å². The molecule has 0 radical (unpaired) electrons. The molecule has 3 nitrogen and oxygen atoms in total. The van der Waals surface area contributed by atoms with Crippen molar-refractivity contribution in [1.29, 1.82) is 0 Å². The van der Waals surface area contributed by atoms with Crippen LogP contribution in [-0.2, 0) is 0 Å². The summed E-state index contributed by atoms with van der Waals surface area (Å²) in [7, 11) is 0. The van der Waals surface area contributed by atoms with E-state index in [4.69, 9.17) is 5.73 Å². The standard InChI is InChI=1S/C10H21N3S/c1-3-6-13-9(5-7-14-4-2)8-12-10(13)11/h9H,3-8H2,1-2H3,(H2,11,12). The topological polar surface area (TPSA) is 41.6 Å². The van der Waals surface area contributed by atoms with Crippen molar-refractivity contribution in [1.82, 2.24) is 4.90 Å². The first-order valence-electron chi connectivity index (χ1n) is 5.43. The lowest BCUT2D eigenvalue weighted by Crippen LogP contribution is -2.41.